The van der Waals surface area contributed by atoms with Gasteiger partial charge in [-0.15, -0.1) is 0 Å². The SMILES string of the molecule is CCOC(=O)c1c(C)[nH]c(C)c1C(=O)COC(=O)c1cccc(N2CCCC2=O)c1. The van der Waals surface area contributed by atoms with Crippen LogP contribution in [-0.2, 0) is 14.3 Å². The molecule has 1 amide bonds. The maximum Gasteiger partial charge on any atom is 0.340 e. The fourth-order valence-corrected chi connectivity index (χ4v) is 3.60. The van der Waals surface area contributed by atoms with Crippen molar-refractivity contribution < 1.29 is 28.7 Å². The van der Waals surface area contributed by atoms with E-state index in [9.17, 15) is 19.2 Å². The average molecular weight is 412 g/mol. The van der Waals surface area contributed by atoms with Crippen molar-refractivity contribution in [2.24, 2.45) is 0 Å². The Morgan fingerprint density at radius 2 is 1.80 bits per heavy atom. The van der Waals surface area contributed by atoms with Gasteiger partial charge in [0.25, 0.3) is 0 Å². The van der Waals surface area contributed by atoms with Gasteiger partial charge in [0.2, 0.25) is 11.7 Å². The number of aryl methyl sites for hydroxylation is 2. The topological polar surface area (TPSA) is 106 Å². The second-order valence-electron chi connectivity index (χ2n) is 7.04. The van der Waals surface area contributed by atoms with Crippen molar-refractivity contribution in [2.75, 3.05) is 24.7 Å². The monoisotopic (exact) mass is 412 g/mol. The first kappa shape index (κ1) is 21.3. The maximum absolute atomic E-state index is 12.7. The lowest BCUT2D eigenvalue weighted by Gasteiger charge is -2.16. The second-order valence-corrected chi connectivity index (χ2v) is 7.04. The number of ketones is 1. The normalized spacial score (nSPS) is 13.4. The van der Waals surface area contributed by atoms with Crippen molar-refractivity contribution in [3.8, 4) is 0 Å². The van der Waals surface area contributed by atoms with Crippen molar-refractivity contribution in [3.63, 3.8) is 0 Å². The zero-order valence-electron chi connectivity index (χ0n) is 17.2. The van der Waals surface area contributed by atoms with E-state index in [-0.39, 0.29) is 29.2 Å². The molecule has 2 heterocycles. The van der Waals surface area contributed by atoms with E-state index in [0.717, 1.165) is 6.42 Å². The molecule has 1 aromatic carbocycles. The fourth-order valence-electron chi connectivity index (χ4n) is 3.60. The smallest absolute Gasteiger partial charge is 0.340 e. The molecule has 2 aromatic rings. The number of aromatic amines is 1. The standard InChI is InChI=1S/C22H24N2O6/c1-4-29-22(28)20-14(3)23-13(2)19(20)17(25)12-30-21(27)15-7-5-8-16(11-15)24-10-6-9-18(24)26/h5,7-8,11,23H,4,6,9-10,12H2,1-3H3. The van der Waals surface area contributed by atoms with E-state index in [0.29, 0.717) is 30.0 Å². The minimum Gasteiger partial charge on any atom is -0.462 e. The Labute approximate surface area is 174 Å². The number of carbonyl (C=O) groups excluding carboxylic acids is 4. The molecule has 0 radical (unpaired) electrons. The number of benzene rings is 1. The molecule has 8 nitrogen and oxygen atoms in total. The van der Waals surface area contributed by atoms with Crippen LogP contribution >= 0.6 is 0 Å². The van der Waals surface area contributed by atoms with Crippen LogP contribution in [0.25, 0.3) is 0 Å². The number of nitrogens with one attached hydrogen (secondary N) is 1. The molecule has 158 valence electrons. The van der Waals surface area contributed by atoms with E-state index in [1.54, 1.807) is 49.9 Å². The lowest BCUT2D eigenvalue weighted by atomic mass is 10.1. The number of anilines is 1. The van der Waals surface area contributed by atoms with E-state index in [4.69, 9.17) is 9.47 Å². The fraction of sp³-hybridized carbons (Fsp3) is 0.364. The van der Waals surface area contributed by atoms with E-state index < -0.39 is 24.3 Å². The maximum atomic E-state index is 12.7. The van der Waals surface area contributed by atoms with Gasteiger partial charge in [-0.1, -0.05) is 6.07 Å². The van der Waals surface area contributed by atoms with Crippen LogP contribution in [0.15, 0.2) is 24.3 Å². The number of aromatic nitrogens is 1. The highest BCUT2D eigenvalue weighted by molar-refractivity contribution is 6.09. The largest absolute Gasteiger partial charge is 0.462 e. The van der Waals surface area contributed by atoms with Crippen LogP contribution in [0.4, 0.5) is 5.69 Å². The van der Waals surface area contributed by atoms with Gasteiger partial charge in [-0.05, 0) is 45.4 Å². The van der Waals surface area contributed by atoms with Crippen LogP contribution in [-0.4, -0.2) is 48.4 Å². The van der Waals surface area contributed by atoms with Crippen molar-refractivity contribution in [3.05, 3.63) is 52.3 Å². The molecular formula is C22H24N2O6. The van der Waals surface area contributed by atoms with E-state index in [2.05, 4.69) is 4.98 Å². The Morgan fingerprint density at radius 1 is 1.07 bits per heavy atom. The number of ether oxygens (including phenoxy) is 2. The molecule has 30 heavy (non-hydrogen) atoms. The lowest BCUT2D eigenvalue weighted by Crippen LogP contribution is -2.24. The van der Waals surface area contributed by atoms with E-state index >= 15 is 0 Å². The third kappa shape index (κ3) is 4.27. The van der Waals surface area contributed by atoms with Crippen LogP contribution < -0.4 is 4.90 Å². The Hall–Kier alpha value is -3.42. The number of hydrogen-bond donors (Lipinski definition) is 1. The molecule has 3 rings (SSSR count). The highest BCUT2D eigenvalue weighted by Gasteiger charge is 2.26. The molecule has 1 aliphatic heterocycles. The predicted octanol–water partition coefficient (Wildman–Crippen LogP) is 2.97. The van der Waals surface area contributed by atoms with Crippen molar-refractivity contribution in [1.82, 2.24) is 4.98 Å². The van der Waals surface area contributed by atoms with Crippen LogP contribution in [0.2, 0.25) is 0 Å². The number of carbonyl (C=O) groups is 4. The Balaban J connectivity index is 1.72. The van der Waals surface area contributed by atoms with Gasteiger partial charge >= 0.3 is 11.9 Å². The van der Waals surface area contributed by atoms with Crippen LogP contribution in [0.1, 0.15) is 62.2 Å². The Morgan fingerprint density at radius 3 is 2.47 bits per heavy atom. The quantitative estimate of drug-likeness (QED) is 0.554. The summed E-state index contributed by atoms with van der Waals surface area (Å²) in [5.74, 6) is -1.77. The summed E-state index contributed by atoms with van der Waals surface area (Å²) in [6, 6.07) is 6.55. The summed E-state index contributed by atoms with van der Waals surface area (Å²) in [7, 11) is 0. The molecule has 1 aliphatic rings. The zero-order valence-corrected chi connectivity index (χ0v) is 17.2. The van der Waals surface area contributed by atoms with Gasteiger partial charge in [0.15, 0.2) is 6.61 Å². The van der Waals surface area contributed by atoms with Gasteiger partial charge in [0.05, 0.1) is 23.3 Å². The summed E-state index contributed by atoms with van der Waals surface area (Å²) in [5, 5.41) is 0. The van der Waals surface area contributed by atoms with E-state index in [1.807, 2.05) is 0 Å². The molecule has 1 fully saturated rings. The summed E-state index contributed by atoms with van der Waals surface area (Å²) in [6.45, 7) is 5.30. The summed E-state index contributed by atoms with van der Waals surface area (Å²) < 4.78 is 10.2. The molecule has 1 saturated heterocycles. The first-order chi connectivity index (χ1) is 14.3. The van der Waals surface area contributed by atoms with Crippen LogP contribution in [0.3, 0.4) is 0 Å². The third-order valence-electron chi connectivity index (χ3n) is 4.93. The number of amides is 1. The number of Topliss-reactive ketones (excluding diaryl/α,β-unsaturated/α-hetero) is 1. The summed E-state index contributed by atoms with van der Waals surface area (Å²) in [5.41, 5.74) is 2.21. The molecular weight excluding hydrogens is 388 g/mol. The number of rotatable bonds is 7. The second kappa shape index (κ2) is 8.94. The predicted molar refractivity (Wildman–Crippen MR) is 109 cm³/mol. The minimum absolute atomic E-state index is 0.0143. The number of esters is 2. The molecule has 8 heteroatoms. The van der Waals surface area contributed by atoms with Gasteiger partial charge in [-0.3, -0.25) is 9.59 Å². The molecule has 0 spiro atoms. The molecule has 0 aliphatic carbocycles. The number of hydrogen-bond acceptors (Lipinski definition) is 6. The molecule has 0 bridgehead atoms. The lowest BCUT2D eigenvalue weighted by molar-refractivity contribution is -0.117. The van der Waals surface area contributed by atoms with Crippen molar-refractivity contribution in [2.45, 2.75) is 33.6 Å². The van der Waals surface area contributed by atoms with Gasteiger partial charge in [-0.2, -0.15) is 0 Å². The molecule has 0 saturated carbocycles. The van der Waals surface area contributed by atoms with E-state index in [1.165, 1.54) is 0 Å². The first-order valence-corrected chi connectivity index (χ1v) is 9.80. The Kier molecular flexibility index (Phi) is 6.34. The van der Waals surface area contributed by atoms with Gasteiger partial charge in [0, 0.05) is 30.0 Å². The van der Waals surface area contributed by atoms with Crippen molar-refractivity contribution in [1.29, 1.82) is 0 Å². The van der Waals surface area contributed by atoms with Crippen LogP contribution in [0, 0.1) is 13.8 Å². The summed E-state index contributed by atoms with van der Waals surface area (Å²) in [6.07, 6.45) is 1.27. The highest BCUT2D eigenvalue weighted by atomic mass is 16.5. The minimum atomic E-state index is -0.681. The molecule has 1 N–H and O–H groups in total. The molecule has 0 atom stereocenters. The first-order valence-electron chi connectivity index (χ1n) is 9.80. The molecule has 1 aromatic heterocycles. The van der Waals surface area contributed by atoms with Gasteiger partial charge in [0.1, 0.15) is 0 Å². The number of H-pyrrole nitrogens is 1. The number of nitrogens with zero attached hydrogens (tertiary/aromatic N) is 1. The van der Waals surface area contributed by atoms with Crippen LogP contribution in [0.5, 0.6) is 0 Å². The Bertz CT molecular complexity index is 1010. The van der Waals surface area contributed by atoms with Gasteiger partial charge in [-0.25, -0.2) is 9.59 Å². The zero-order chi connectivity index (χ0) is 21.8. The summed E-state index contributed by atoms with van der Waals surface area (Å²) in [4.78, 5) is 53.9. The average Bonchev–Trinajstić information content (AvgIpc) is 3.28. The molecule has 0 unspecified atom stereocenters. The van der Waals surface area contributed by atoms with Gasteiger partial charge < -0.3 is 19.4 Å². The summed E-state index contributed by atoms with van der Waals surface area (Å²) >= 11 is 0. The highest BCUT2D eigenvalue weighted by Crippen LogP contribution is 2.23. The van der Waals surface area contributed by atoms with Crippen molar-refractivity contribution >= 4 is 29.3 Å². The third-order valence-corrected chi connectivity index (χ3v) is 4.93.